The highest BCUT2D eigenvalue weighted by Crippen LogP contribution is 2.56. The Labute approximate surface area is 242 Å². The molecule has 9 rings (SSSR count). The SMILES string of the molecule is CC1(C)c2ccccc2N(c2ccc3ccc4c(Br)ccc5ccc2c3c54)c2cc3c(cc21)-c1ccccc1C3. The molecule has 0 spiro atoms. The summed E-state index contributed by atoms with van der Waals surface area (Å²) in [7, 11) is 0. The fourth-order valence-corrected chi connectivity index (χ4v) is 8.00. The van der Waals surface area contributed by atoms with Crippen LogP contribution >= 0.6 is 15.9 Å². The molecule has 40 heavy (non-hydrogen) atoms. The van der Waals surface area contributed by atoms with Crippen molar-refractivity contribution in [2.75, 3.05) is 4.90 Å². The van der Waals surface area contributed by atoms with Crippen molar-refractivity contribution in [2.24, 2.45) is 0 Å². The first-order valence-corrected chi connectivity index (χ1v) is 14.8. The van der Waals surface area contributed by atoms with E-state index < -0.39 is 0 Å². The molecule has 0 saturated carbocycles. The van der Waals surface area contributed by atoms with Crippen LogP contribution in [0.1, 0.15) is 36.1 Å². The van der Waals surface area contributed by atoms with Gasteiger partial charge in [0.25, 0.3) is 0 Å². The number of para-hydroxylation sites is 1. The third-order valence-electron chi connectivity index (χ3n) is 9.47. The maximum atomic E-state index is 3.82. The van der Waals surface area contributed by atoms with E-state index in [1.807, 2.05) is 0 Å². The fraction of sp³-hybridized carbons (Fsp3) is 0.105. The molecule has 0 saturated heterocycles. The van der Waals surface area contributed by atoms with E-state index in [0.717, 1.165) is 10.9 Å². The Morgan fingerprint density at radius 2 is 1.27 bits per heavy atom. The van der Waals surface area contributed by atoms with E-state index in [2.05, 4.69) is 144 Å². The van der Waals surface area contributed by atoms with Gasteiger partial charge in [0.2, 0.25) is 0 Å². The third kappa shape index (κ3) is 2.82. The zero-order chi connectivity index (χ0) is 26.7. The molecule has 0 unspecified atom stereocenters. The smallest absolute Gasteiger partial charge is 0.0540 e. The molecule has 1 heterocycles. The summed E-state index contributed by atoms with van der Waals surface area (Å²) in [6.07, 6.45) is 0.987. The van der Waals surface area contributed by atoms with Crippen LogP contribution in [0.25, 0.3) is 43.4 Å². The average Bonchev–Trinajstić information content (AvgIpc) is 3.34. The molecular formula is C38H26BrN. The van der Waals surface area contributed by atoms with Crippen LogP contribution in [0.3, 0.4) is 0 Å². The van der Waals surface area contributed by atoms with E-state index in [0.29, 0.717) is 0 Å². The molecule has 2 heteroatoms. The molecule has 0 atom stereocenters. The molecule has 0 amide bonds. The molecule has 7 aromatic rings. The molecule has 0 aromatic heterocycles. The van der Waals surface area contributed by atoms with E-state index in [1.54, 1.807) is 0 Å². The Hall–Kier alpha value is -4.14. The molecule has 1 aliphatic carbocycles. The summed E-state index contributed by atoms with van der Waals surface area (Å²) >= 11 is 3.82. The average molecular weight is 577 g/mol. The second kappa shape index (κ2) is 7.74. The van der Waals surface area contributed by atoms with Crippen molar-refractivity contribution in [3.05, 3.63) is 136 Å². The first-order chi connectivity index (χ1) is 19.5. The number of hydrogen-bond acceptors (Lipinski definition) is 1. The van der Waals surface area contributed by atoms with Gasteiger partial charge in [-0.3, -0.25) is 0 Å². The summed E-state index contributed by atoms with van der Waals surface area (Å²) in [6, 6.07) is 41.1. The summed E-state index contributed by atoms with van der Waals surface area (Å²) in [6.45, 7) is 4.77. The van der Waals surface area contributed by atoms with Gasteiger partial charge in [0.05, 0.1) is 17.1 Å². The lowest BCUT2D eigenvalue weighted by Gasteiger charge is -2.43. The molecule has 190 valence electrons. The minimum absolute atomic E-state index is 0.121. The highest BCUT2D eigenvalue weighted by atomic mass is 79.9. The van der Waals surface area contributed by atoms with E-state index in [4.69, 9.17) is 0 Å². The van der Waals surface area contributed by atoms with Crippen molar-refractivity contribution < 1.29 is 0 Å². The Balaban J connectivity index is 1.39. The minimum atomic E-state index is -0.121. The van der Waals surface area contributed by atoms with Crippen LogP contribution in [0.5, 0.6) is 0 Å². The van der Waals surface area contributed by atoms with Gasteiger partial charge in [0, 0.05) is 15.3 Å². The van der Waals surface area contributed by atoms with Gasteiger partial charge in [-0.1, -0.05) is 109 Å². The number of benzene rings is 7. The molecule has 0 N–H and O–H groups in total. The lowest BCUT2D eigenvalue weighted by molar-refractivity contribution is 0.632. The zero-order valence-electron chi connectivity index (χ0n) is 22.4. The standard InChI is InChI=1S/C38H26BrN/c1-38(2)30-9-5-6-10-34(30)40(35-20-25-19-24-7-3-4-8-26(24)29(25)21-31(35)38)33-18-14-23-11-15-27-32(39)17-13-22-12-16-28(33)37(23)36(22)27/h3-18,20-21H,19H2,1-2H3. The van der Waals surface area contributed by atoms with Crippen molar-refractivity contribution >= 4 is 65.3 Å². The van der Waals surface area contributed by atoms with Gasteiger partial charge in [0.15, 0.2) is 0 Å². The molecule has 0 radical (unpaired) electrons. The third-order valence-corrected chi connectivity index (χ3v) is 10.2. The Morgan fingerprint density at radius 1 is 0.575 bits per heavy atom. The summed E-state index contributed by atoms with van der Waals surface area (Å²) in [5.41, 5.74) is 12.1. The van der Waals surface area contributed by atoms with E-state index in [1.165, 1.54) is 82.8 Å². The zero-order valence-corrected chi connectivity index (χ0v) is 24.0. The van der Waals surface area contributed by atoms with Crippen LogP contribution in [-0.2, 0) is 11.8 Å². The highest BCUT2D eigenvalue weighted by Gasteiger charge is 2.39. The number of rotatable bonds is 1. The number of hydrogen-bond donors (Lipinski definition) is 0. The van der Waals surface area contributed by atoms with Gasteiger partial charge in [-0.05, 0) is 97.1 Å². The topological polar surface area (TPSA) is 3.24 Å². The van der Waals surface area contributed by atoms with Gasteiger partial charge in [-0.15, -0.1) is 0 Å². The molecule has 1 aliphatic heterocycles. The van der Waals surface area contributed by atoms with Gasteiger partial charge in [0.1, 0.15) is 0 Å². The van der Waals surface area contributed by atoms with Crippen molar-refractivity contribution in [2.45, 2.75) is 25.7 Å². The van der Waals surface area contributed by atoms with Crippen molar-refractivity contribution in [1.82, 2.24) is 0 Å². The molecular weight excluding hydrogens is 550 g/mol. The second-order valence-electron chi connectivity index (χ2n) is 11.9. The summed E-state index contributed by atoms with van der Waals surface area (Å²) < 4.78 is 1.14. The van der Waals surface area contributed by atoms with Gasteiger partial charge >= 0.3 is 0 Å². The van der Waals surface area contributed by atoms with E-state index in [-0.39, 0.29) is 5.41 Å². The number of fused-ring (bicyclic) bond motifs is 5. The van der Waals surface area contributed by atoms with E-state index >= 15 is 0 Å². The van der Waals surface area contributed by atoms with Crippen LogP contribution in [0.4, 0.5) is 17.1 Å². The second-order valence-corrected chi connectivity index (χ2v) is 12.7. The summed E-state index contributed by atoms with van der Waals surface area (Å²) in [5, 5.41) is 7.80. The van der Waals surface area contributed by atoms with Crippen LogP contribution in [-0.4, -0.2) is 0 Å². The van der Waals surface area contributed by atoms with Gasteiger partial charge < -0.3 is 4.90 Å². The predicted octanol–water partition coefficient (Wildman–Crippen LogP) is 11.0. The van der Waals surface area contributed by atoms with Crippen LogP contribution in [0, 0.1) is 0 Å². The largest absolute Gasteiger partial charge is 0.309 e. The maximum Gasteiger partial charge on any atom is 0.0540 e. The highest BCUT2D eigenvalue weighted by molar-refractivity contribution is 9.10. The van der Waals surface area contributed by atoms with Crippen LogP contribution in [0.2, 0.25) is 0 Å². The Morgan fingerprint density at radius 3 is 2.15 bits per heavy atom. The molecule has 0 fully saturated rings. The van der Waals surface area contributed by atoms with Crippen LogP contribution < -0.4 is 4.90 Å². The molecule has 7 aromatic carbocycles. The summed E-state index contributed by atoms with van der Waals surface area (Å²) in [4.78, 5) is 2.54. The lowest BCUT2D eigenvalue weighted by atomic mass is 9.72. The number of halogens is 1. The van der Waals surface area contributed by atoms with Crippen molar-refractivity contribution in [3.8, 4) is 11.1 Å². The first kappa shape index (κ1) is 22.7. The normalized spacial score (nSPS) is 14.9. The number of anilines is 3. The van der Waals surface area contributed by atoms with Gasteiger partial charge in [-0.2, -0.15) is 0 Å². The molecule has 1 nitrogen and oxygen atoms in total. The van der Waals surface area contributed by atoms with Gasteiger partial charge in [-0.25, -0.2) is 0 Å². The Kier molecular flexibility index (Phi) is 4.38. The van der Waals surface area contributed by atoms with Crippen molar-refractivity contribution in [3.63, 3.8) is 0 Å². The first-order valence-electron chi connectivity index (χ1n) is 14.0. The van der Waals surface area contributed by atoms with Crippen molar-refractivity contribution in [1.29, 1.82) is 0 Å². The van der Waals surface area contributed by atoms with E-state index in [9.17, 15) is 0 Å². The lowest BCUT2D eigenvalue weighted by Crippen LogP contribution is -2.31. The molecule has 2 aliphatic rings. The minimum Gasteiger partial charge on any atom is -0.309 e. The quantitative estimate of drug-likeness (QED) is 0.176. The maximum absolute atomic E-state index is 3.82. The summed E-state index contributed by atoms with van der Waals surface area (Å²) in [5.74, 6) is 0. The van der Waals surface area contributed by atoms with Crippen LogP contribution in [0.15, 0.2) is 114 Å². The Bertz CT molecular complexity index is 2190. The fourth-order valence-electron chi connectivity index (χ4n) is 7.53. The molecule has 0 bridgehead atoms. The monoisotopic (exact) mass is 575 g/mol. The predicted molar refractivity (Wildman–Crippen MR) is 173 cm³/mol. The number of nitrogens with zero attached hydrogens (tertiary/aromatic N) is 1.